The van der Waals surface area contributed by atoms with Gasteiger partial charge in [0.2, 0.25) is 0 Å². The number of carbonyl (C=O) groups excluding carboxylic acids is 1. The molecule has 0 amide bonds. The van der Waals surface area contributed by atoms with Gasteiger partial charge in [0.25, 0.3) is 0 Å². The third kappa shape index (κ3) is 6.96. The van der Waals surface area contributed by atoms with Crippen molar-refractivity contribution in [1.82, 2.24) is 15.6 Å². The van der Waals surface area contributed by atoms with E-state index in [1.54, 1.807) is 6.92 Å². The van der Waals surface area contributed by atoms with Crippen LogP contribution in [0.15, 0.2) is 23.2 Å². The van der Waals surface area contributed by atoms with Gasteiger partial charge in [-0.3, -0.25) is 0 Å². The molecule has 10 heteroatoms. The Morgan fingerprint density at radius 2 is 2.03 bits per heavy atom. The minimum atomic E-state index is -0.328. The van der Waals surface area contributed by atoms with Gasteiger partial charge < -0.3 is 24.8 Å². The van der Waals surface area contributed by atoms with Crippen LogP contribution in [0.4, 0.5) is 0 Å². The molecule has 8 nitrogen and oxygen atoms in total. The average molecular weight is 574 g/mol. The lowest BCUT2D eigenvalue weighted by molar-refractivity contribution is 0.0531. The fourth-order valence-electron chi connectivity index (χ4n) is 3.05. The molecule has 1 atom stereocenters. The number of hydrogen-bond donors (Lipinski definition) is 2. The number of nitrogens with zero attached hydrogens (tertiary/aromatic N) is 2. The smallest absolute Gasteiger partial charge is 0.350 e. The van der Waals surface area contributed by atoms with Crippen molar-refractivity contribution in [1.29, 1.82) is 0 Å². The Bertz CT molecular complexity index is 935. The molecular formula is C22H31IN4O4S. The van der Waals surface area contributed by atoms with Crippen LogP contribution in [0.3, 0.4) is 0 Å². The van der Waals surface area contributed by atoms with Crippen LogP contribution in [0.1, 0.15) is 59.2 Å². The SMILES string of the molecule is CCNC(=NCc1ccc2c(c1)OCCCO2)NC(C)c1nc(C)c(C(=O)OCC)s1.I. The van der Waals surface area contributed by atoms with E-state index in [1.807, 2.05) is 39.0 Å². The van der Waals surface area contributed by atoms with E-state index >= 15 is 0 Å². The summed E-state index contributed by atoms with van der Waals surface area (Å²) in [6.45, 7) is 10.5. The van der Waals surface area contributed by atoms with Crippen molar-refractivity contribution in [3.63, 3.8) is 0 Å². The van der Waals surface area contributed by atoms with E-state index in [-0.39, 0.29) is 36.0 Å². The van der Waals surface area contributed by atoms with Crippen LogP contribution in [0.25, 0.3) is 0 Å². The molecule has 2 N–H and O–H groups in total. The summed E-state index contributed by atoms with van der Waals surface area (Å²) in [5.41, 5.74) is 1.71. The van der Waals surface area contributed by atoms with Crippen LogP contribution in [-0.4, -0.2) is 43.3 Å². The zero-order valence-corrected chi connectivity index (χ0v) is 22.0. The molecule has 0 aliphatic carbocycles. The number of thiazole rings is 1. The number of esters is 1. The predicted octanol–water partition coefficient (Wildman–Crippen LogP) is 4.22. The lowest BCUT2D eigenvalue weighted by Crippen LogP contribution is -2.38. The third-order valence-corrected chi connectivity index (χ3v) is 5.89. The highest BCUT2D eigenvalue weighted by atomic mass is 127. The lowest BCUT2D eigenvalue weighted by atomic mass is 10.2. The number of aromatic nitrogens is 1. The second kappa shape index (κ2) is 12.8. The van der Waals surface area contributed by atoms with E-state index in [4.69, 9.17) is 19.2 Å². The van der Waals surface area contributed by atoms with Gasteiger partial charge in [-0.15, -0.1) is 35.3 Å². The highest BCUT2D eigenvalue weighted by Crippen LogP contribution is 2.30. The first-order chi connectivity index (χ1) is 15.0. The Morgan fingerprint density at radius 1 is 1.28 bits per heavy atom. The van der Waals surface area contributed by atoms with Gasteiger partial charge in [0.1, 0.15) is 9.88 Å². The maximum Gasteiger partial charge on any atom is 0.350 e. The number of guanidine groups is 1. The van der Waals surface area contributed by atoms with Crippen molar-refractivity contribution >= 4 is 47.2 Å². The molecule has 1 aliphatic heterocycles. The molecule has 32 heavy (non-hydrogen) atoms. The summed E-state index contributed by atoms with van der Waals surface area (Å²) < 4.78 is 16.6. The highest BCUT2D eigenvalue weighted by Gasteiger charge is 2.20. The number of aryl methyl sites for hydroxylation is 1. The molecule has 1 aromatic heterocycles. The second-order valence-electron chi connectivity index (χ2n) is 7.08. The van der Waals surface area contributed by atoms with E-state index < -0.39 is 0 Å². The molecule has 0 saturated heterocycles. The quantitative estimate of drug-likeness (QED) is 0.221. The van der Waals surface area contributed by atoms with E-state index in [0.717, 1.165) is 35.0 Å². The topological polar surface area (TPSA) is 94.1 Å². The first-order valence-corrected chi connectivity index (χ1v) is 11.4. The number of aliphatic imine (C=N–C) groups is 1. The van der Waals surface area contributed by atoms with Crippen molar-refractivity contribution in [2.45, 2.75) is 46.7 Å². The molecule has 0 radical (unpaired) electrons. The van der Waals surface area contributed by atoms with Gasteiger partial charge in [0.15, 0.2) is 17.5 Å². The summed E-state index contributed by atoms with van der Waals surface area (Å²) >= 11 is 1.35. The summed E-state index contributed by atoms with van der Waals surface area (Å²) in [6, 6.07) is 5.80. The fraction of sp³-hybridized carbons (Fsp3) is 0.500. The number of carbonyl (C=O) groups is 1. The number of halogens is 1. The number of benzene rings is 1. The molecule has 0 spiro atoms. The molecule has 3 rings (SSSR count). The number of hydrogen-bond acceptors (Lipinski definition) is 7. The van der Waals surface area contributed by atoms with Gasteiger partial charge in [0.05, 0.1) is 38.1 Å². The van der Waals surface area contributed by atoms with Crippen LogP contribution in [0.2, 0.25) is 0 Å². The van der Waals surface area contributed by atoms with E-state index in [1.165, 1.54) is 11.3 Å². The van der Waals surface area contributed by atoms with Crippen LogP contribution >= 0.6 is 35.3 Å². The molecule has 0 bridgehead atoms. The molecule has 2 aromatic rings. The van der Waals surface area contributed by atoms with E-state index in [9.17, 15) is 4.79 Å². The Balaban J connectivity index is 0.00000363. The summed E-state index contributed by atoms with van der Waals surface area (Å²) in [6.07, 6.45) is 0.878. The number of rotatable bonds is 7. The minimum absolute atomic E-state index is 0. The number of nitrogens with one attached hydrogen (secondary N) is 2. The summed E-state index contributed by atoms with van der Waals surface area (Å²) in [5, 5.41) is 7.43. The number of ether oxygens (including phenoxy) is 3. The van der Waals surface area contributed by atoms with Crippen LogP contribution in [-0.2, 0) is 11.3 Å². The monoisotopic (exact) mass is 574 g/mol. The van der Waals surface area contributed by atoms with Gasteiger partial charge in [0, 0.05) is 13.0 Å². The van der Waals surface area contributed by atoms with Crippen molar-refractivity contribution in [3.05, 3.63) is 39.3 Å². The second-order valence-corrected chi connectivity index (χ2v) is 8.11. The summed E-state index contributed by atoms with van der Waals surface area (Å²) in [5.74, 6) is 1.89. The summed E-state index contributed by atoms with van der Waals surface area (Å²) in [4.78, 5) is 21.9. The molecule has 1 aliphatic rings. The molecule has 0 fully saturated rings. The maximum atomic E-state index is 12.1. The fourth-order valence-corrected chi connectivity index (χ4v) is 4.01. The molecular weight excluding hydrogens is 543 g/mol. The van der Waals surface area contributed by atoms with Crippen molar-refractivity contribution in [2.75, 3.05) is 26.4 Å². The Hall–Kier alpha value is -2.08. The van der Waals surface area contributed by atoms with Gasteiger partial charge in [-0.2, -0.15) is 0 Å². The maximum absolute atomic E-state index is 12.1. The normalized spacial score (nSPS) is 14.1. The molecule has 2 heterocycles. The highest BCUT2D eigenvalue weighted by molar-refractivity contribution is 14.0. The van der Waals surface area contributed by atoms with Crippen LogP contribution in [0.5, 0.6) is 11.5 Å². The average Bonchev–Trinajstić information content (AvgIpc) is 2.99. The Labute approximate surface area is 210 Å². The van der Waals surface area contributed by atoms with Gasteiger partial charge >= 0.3 is 5.97 Å². The van der Waals surface area contributed by atoms with E-state index in [0.29, 0.717) is 42.9 Å². The zero-order chi connectivity index (χ0) is 22.2. The van der Waals surface area contributed by atoms with Crippen LogP contribution < -0.4 is 20.1 Å². The zero-order valence-electron chi connectivity index (χ0n) is 18.9. The largest absolute Gasteiger partial charge is 0.490 e. The van der Waals surface area contributed by atoms with E-state index in [2.05, 4.69) is 15.6 Å². The lowest BCUT2D eigenvalue weighted by Gasteiger charge is -2.16. The summed E-state index contributed by atoms with van der Waals surface area (Å²) in [7, 11) is 0. The predicted molar refractivity (Wildman–Crippen MR) is 137 cm³/mol. The van der Waals surface area contributed by atoms with Crippen LogP contribution in [0, 0.1) is 6.92 Å². The van der Waals surface area contributed by atoms with Crippen molar-refractivity contribution in [2.24, 2.45) is 4.99 Å². The third-order valence-electron chi connectivity index (χ3n) is 4.57. The Kier molecular flexibility index (Phi) is 10.5. The van der Waals surface area contributed by atoms with Gasteiger partial charge in [-0.25, -0.2) is 14.8 Å². The molecule has 1 unspecified atom stereocenters. The molecule has 1 aromatic carbocycles. The number of fused-ring (bicyclic) bond motifs is 1. The minimum Gasteiger partial charge on any atom is -0.490 e. The standard InChI is InChI=1S/C22H30N4O4S.HI/c1-5-23-22(24-13-16-8-9-17-18(12-16)30-11-7-10-29-17)26-15(4)20-25-14(3)19(31-20)21(27)28-6-2;/h8-9,12,15H,5-7,10-11,13H2,1-4H3,(H2,23,24,26);1H. The molecule has 0 saturated carbocycles. The molecule has 176 valence electrons. The van der Waals surface area contributed by atoms with Gasteiger partial charge in [-0.1, -0.05) is 6.07 Å². The first-order valence-electron chi connectivity index (χ1n) is 10.6. The Morgan fingerprint density at radius 3 is 2.75 bits per heavy atom. The first kappa shape index (κ1) is 26.2. The van der Waals surface area contributed by atoms with Gasteiger partial charge in [-0.05, 0) is 45.4 Å². The van der Waals surface area contributed by atoms with Crippen molar-refractivity contribution < 1.29 is 19.0 Å². The van der Waals surface area contributed by atoms with Crippen molar-refractivity contribution in [3.8, 4) is 11.5 Å².